The molecule has 0 aromatic carbocycles. The molecule has 1 aliphatic rings. The van der Waals surface area contributed by atoms with E-state index in [9.17, 15) is 4.79 Å². The van der Waals surface area contributed by atoms with E-state index in [2.05, 4.69) is 13.8 Å². The van der Waals surface area contributed by atoms with Crippen molar-refractivity contribution in [1.29, 1.82) is 0 Å². The third-order valence-electron chi connectivity index (χ3n) is 2.32. The molecule has 0 amide bonds. The van der Waals surface area contributed by atoms with Crippen molar-refractivity contribution in [3.05, 3.63) is 0 Å². The molecule has 0 spiro atoms. The molecule has 0 aliphatic heterocycles. The Kier molecular flexibility index (Phi) is 4.13. The molecule has 1 fully saturated rings. The lowest BCUT2D eigenvalue weighted by atomic mass is 9.82. The zero-order chi connectivity index (χ0) is 8.97. The molecule has 1 rings (SSSR count). The van der Waals surface area contributed by atoms with E-state index in [1.807, 2.05) is 0 Å². The molecule has 0 aromatic heterocycles. The first-order valence-electron chi connectivity index (χ1n) is 4.82. The van der Waals surface area contributed by atoms with Crippen LogP contribution in [0.5, 0.6) is 0 Å². The Hall–Kier alpha value is 0.0200. The Bertz CT molecular complexity index is 150. The maximum Gasteiger partial charge on any atom is 0.143 e. The number of carbonyl (C=O) groups is 1. The number of hydrogen-bond donors (Lipinski definition) is 0. The van der Waals surface area contributed by atoms with Crippen molar-refractivity contribution in [2.45, 2.75) is 44.8 Å². The molecule has 12 heavy (non-hydrogen) atoms. The Morgan fingerprint density at radius 3 is 2.58 bits per heavy atom. The van der Waals surface area contributed by atoms with Gasteiger partial charge in [0.15, 0.2) is 0 Å². The van der Waals surface area contributed by atoms with Gasteiger partial charge in [-0.15, -0.1) is 0 Å². The van der Waals surface area contributed by atoms with Gasteiger partial charge in [0.2, 0.25) is 0 Å². The predicted molar refractivity (Wildman–Crippen MR) is 54.6 cm³/mol. The van der Waals surface area contributed by atoms with Crippen molar-refractivity contribution in [2.24, 2.45) is 5.92 Å². The standard InChI is InChI=1S/C10H18OS/c1-8(2)12-7-10(11)6-9-4-3-5-9/h8-9H,3-7H2,1-2H3. The first-order valence-corrected chi connectivity index (χ1v) is 5.86. The molecule has 2 heteroatoms. The Morgan fingerprint density at radius 1 is 1.50 bits per heavy atom. The highest BCUT2D eigenvalue weighted by Gasteiger charge is 2.20. The Morgan fingerprint density at radius 2 is 2.17 bits per heavy atom. The summed E-state index contributed by atoms with van der Waals surface area (Å²) >= 11 is 1.77. The summed E-state index contributed by atoms with van der Waals surface area (Å²) in [6, 6.07) is 0. The fourth-order valence-electron chi connectivity index (χ4n) is 1.34. The van der Waals surface area contributed by atoms with Crippen molar-refractivity contribution < 1.29 is 4.79 Å². The monoisotopic (exact) mass is 186 g/mol. The molecule has 1 saturated carbocycles. The molecule has 0 radical (unpaired) electrons. The van der Waals surface area contributed by atoms with Gasteiger partial charge in [0.25, 0.3) is 0 Å². The van der Waals surface area contributed by atoms with Gasteiger partial charge in [-0.25, -0.2) is 0 Å². The van der Waals surface area contributed by atoms with Gasteiger partial charge in [-0.1, -0.05) is 33.1 Å². The summed E-state index contributed by atoms with van der Waals surface area (Å²) in [6.45, 7) is 4.28. The second-order valence-electron chi connectivity index (χ2n) is 3.90. The molecule has 0 saturated heterocycles. The van der Waals surface area contributed by atoms with Crippen LogP contribution >= 0.6 is 11.8 Å². The van der Waals surface area contributed by atoms with Gasteiger partial charge in [0.1, 0.15) is 5.78 Å². The van der Waals surface area contributed by atoms with Crippen LogP contribution in [0.4, 0.5) is 0 Å². The van der Waals surface area contributed by atoms with Crippen molar-refractivity contribution in [3.8, 4) is 0 Å². The molecule has 0 atom stereocenters. The summed E-state index contributed by atoms with van der Waals surface area (Å²) in [5, 5.41) is 0.593. The SMILES string of the molecule is CC(C)SCC(=O)CC1CCC1. The summed E-state index contributed by atoms with van der Waals surface area (Å²) < 4.78 is 0. The van der Waals surface area contributed by atoms with Crippen LogP contribution in [0.3, 0.4) is 0 Å². The van der Waals surface area contributed by atoms with Crippen LogP contribution in [0.15, 0.2) is 0 Å². The fraction of sp³-hybridized carbons (Fsp3) is 0.900. The summed E-state index contributed by atoms with van der Waals surface area (Å²) in [7, 11) is 0. The molecule has 1 nitrogen and oxygen atoms in total. The number of carbonyl (C=O) groups excluding carboxylic acids is 1. The Balaban J connectivity index is 2.03. The normalized spacial score (nSPS) is 17.9. The first-order chi connectivity index (χ1) is 5.68. The van der Waals surface area contributed by atoms with Gasteiger partial charge >= 0.3 is 0 Å². The maximum absolute atomic E-state index is 11.3. The van der Waals surface area contributed by atoms with Crippen LogP contribution in [-0.2, 0) is 4.79 Å². The third-order valence-corrected chi connectivity index (χ3v) is 3.47. The minimum atomic E-state index is 0.457. The molecular formula is C10H18OS. The fourth-order valence-corrected chi connectivity index (χ4v) is 1.97. The number of hydrogen-bond acceptors (Lipinski definition) is 2. The molecule has 0 heterocycles. The smallest absolute Gasteiger partial charge is 0.143 e. The van der Waals surface area contributed by atoms with Crippen LogP contribution < -0.4 is 0 Å². The van der Waals surface area contributed by atoms with Crippen LogP contribution in [0, 0.1) is 5.92 Å². The lowest BCUT2D eigenvalue weighted by Crippen LogP contribution is -2.17. The minimum Gasteiger partial charge on any atom is -0.299 e. The maximum atomic E-state index is 11.3. The number of thioether (sulfide) groups is 1. The Labute approximate surface area is 79.3 Å². The van der Waals surface area contributed by atoms with Crippen molar-refractivity contribution in [2.75, 3.05) is 5.75 Å². The van der Waals surface area contributed by atoms with Crippen LogP contribution in [0.1, 0.15) is 39.5 Å². The second kappa shape index (κ2) is 4.90. The molecule has 0 bridgehead atoms. The highest BCUT2D eigenvalue weighted by Crippen LogP contribution is 2.29. The highest BCUT2D eigenvalue weighted by atomic mass is 32.2. The van der Waals surface area contributed by atoms with Crippen LogP contribution in [0.25, 0.3) is 0 Å². The van der Waals surface area contributed by atoms with Crippen molar-refractivity contribution in [3.63, 3.8) is 0 Å². The van der Waals surface area contributed by atoms with Gasteiger partial charge in [-0.05, 0) is 11.2 Å². The van der Waals surface area contributed by atoms with Crippen LogP contribution in [0.2, 0.25) is 0 Å². The zero-order valence-electron chi connectivity index (χ0n) is 8.01. The number of Topliss-reactive ketones (excluding diaryl/α,β-unsaturated/α-hetero) is 1. The molecule has 0 unspecified atom stereocenters. The van der Waals surface area contributed by atoms with E-state index < -0.39 is 0 Å². The highest BCUT2D eigenvalue weighted by molar-refractivity contribution is 8.00. The van der Waals surface area contributed by atoms with E-state index in [4.69, 9.17) is 0 Å². The third kappa shape index (κ3) is 3.61. The van der Waals surface area contributed by atoms with Gasteiger partial charge in [0, 0.05) is 6.42 Å². The number of rotatable bonds is 5. The average molecular weight is 186 g/mol. The van der Waals surface area contributed by atoms with Crippen molar-refractivity contribution >= 4 is 17.5 Å². The predicted octanol–water partition coefficient (Wildman–Crippen LogP) is 2.89. The lowest BCUT2D eigenvalue weighted by molar-refractivity contribution is -0.118. The minimum absolute atomic E-state index is 0.457. The van der Waals surface area contributed by atoms with E-state index in [1.54, 1.807) is 11.8 Å². The molecule has 1 aliphatic carbocycles. The number of ketones is 1. The van der Waals surface area contributed by atoms with Gasteiger partial charge in [-0.3, -0.25) is 4.79 Å². The van der Waals surface area contributed by atoms with E-state index in [-0.39, 0.29) is 0 Å². The van der Waals surface area contributed by atoms with E-state index in [0.717, 1.165) is 18.1 Å². The zero-order valence-corrected chi connectivity index (χ0v) is 8.82. The molecule has 0 aromatic rings. The summed E-state index contributed by atoms with van der Waals surface area (Å²) in [4.78, 5) is 11.3. The molecule has 0 N–H and O–H groups in total. The summed E-state index contributed by atoms with van der Waals surface area (Å²) in [5.74, 6) is 1.93. The second-order valence-corrected chi connectivity index (χ2v) is 5.46. The van der Waals surface area contributed by atoms with Gasteiger partial charge < -0.3 is 0 Å². The average Bonchev–Trinajstić information content (AvgIpc) is 1.93. The summed E-state index contributed by atoms with van der Waals surface area (Å²) in [6.07, 6.45) is 4.77. The first kappa shape index (κ1) is 10.1. The van der Waals surface area contributed by atoms with Crippen LogP contribution in [-0.4, -0.2) is 16.8 Å². The van der Waals surface area contributed by atoms with Gasteiger partial charge in [-0.2, -0.15) is 11.8 Å². The van der Waals surface area contributed by atoms with E-state index in [0.29, 0.717) is 11.0 Å². The molecular weight excluding hydrogens is 168 g/mol. The molecule has 70 valence electrons. The largest absolute Gasteiger partial charge is 0.299 e. The van der Waals surface area contributed by atoms with Crippen molar-refractivity contribution in [1.82, 2.24) is 0 Å². The van der Waals surface area contributed by atoms with Gasteiger partial charge in [0.05, 0.1) is 5.75 Å². The quantitative estimate of drug-likeness (QED) is 0.656. The van der Waals surface area contributed by atoms with E-state index >= 15 is 0 Å². The topological polar surface area (TPSA) is 17.1 Å². The lowest BCUT2D eigenvalue weighted by Gasteiger charge is -2.24. The summed E-state index contributed by atoms with van der Waals surface area (Å²) in [5.41, 5.74) is 0. The van der Waals surface area contributed by atoms with E-state index in [1.165, 1.54) is 19.3 Å².